The summed E-state index contributed by atoms with van der Waals surface area (Å²) in [5, 5.41) is 3.05. The lowest BCUT2D eigenvalue weighted by Crippen LogP contribution is -2.54. The number of Topliss-reactive ketones (excluding diaryl/α,β-unsaturated/α-hetero) is 1. The van der Waals surface area contributed by atoms with E-state index >= 15 is 0 Å². The zero-order valence-corrected chi connectivity index (χ0v) is 20.9. The molecule has 2 aromatic rings. The van der Waals surface area contributed by atoms with Gasteiger partial charge in [0.15, 0.2) is 5.78 Å². The number of carbonyl (C=O) groups excluding carboxylic acids is 2. The fourth-order valence-electron chi connectivity index (χ4n) is 4.97. The summed E-state index contributed by atoms with van der Waals surface area (Å²) in [6, 6.07) is 9.74. The lowest BCUT2D eigenvalue weighted by molar-refractivity contribution is -0.124. The van der Waals surface area contributed by atoms with Gasteiger partial charge in [0.25, 0.3) is 5.91 Å². The molecule has 1 N–H and O–H groups in total. The molecule has 6 nitrogen and oxygen atoms in total. The summed E-state index contributed by atoms with van der Waals surface area (Å²) in [5.41, 5.74) is 2.59. The Labute approximate surface area is 204 Å². The van der Waals surface area contributed by atoms with Crippen LogP contribution in [0.3, 0.4) is 0 Å². The molecule has 8 heteroatoms. The predicted molar refractivity (Wildman–Crippen MR) is 130 cm³/mol. The Morgan fingerprint density at radius 2 is 1.76 bits per heavy atom. The molecular weight excluding hydrogens is 460 g/mol. The van der Waals surface area contributed by atoms with Crippen LogP contribution >= 0.6 is 22.9 Å². The lowest BCUT2D eigenvalue weighted by Gasteiger charge is -2.29. The van der Waals surface area contributed by atoms with Crippen molar-refractivity contribution in [2.24, 2.45) is 0 Å². The normalized spacial score (nSPS) is 25.5. The van der Waals surface area contributed by atoms with E-state index in [-0.39, 0.29) is 30.3 Å². The van der Waals surface area contributed by atoms with Gasteiger partial charge in [0.05, 0.1) is 21.4 Å². The maximum absolute atomic E-state index is 13.8. The molecule has 0 saturated heterocycles. The third-order valence-corrected chi connectivity index (χ3v) is 8.19. The first-order chi connectivity index (χ1) is 15.8. The number of amides is 1. The number of ether oxygens (including phenoxy) is 2. The van der Waals surface area contributed by atoms with Crippen LogP contribution < -0.4 is 5.32 Å². The number of nitrogens with zero attached hydrogens (tertiary/aromatic N) is 1. The van der Waals surface area contributed by atoms with Crippen LogP contribution in [0.1, 0.15) is 39.2 Å². The molecule has 178 valence electrons. The number of carbonyl (C=O) groups is 2. The van der Waals surface area contributed by atoms with Gasteiger partial charge in [-0.15, -0.1) is 11.3 Å². The summed E-state index contributed by atoms with van der Waals surface area (Å²) < 4.78 is 11.8. The van der Waals surface area contributed by atoms with Gasteiger partial charge in [0.2, 0.25) is 0 Å². The Balaban J connectivity index is 1.58. The van der Waals surface area contributed by atoms with Crippen molar-refractivity contribution >= 4 is 34.6 Å². The van der Waals surface area contributed by atoms with Crippen LogP contribution in [-0.4, -0.2) is 68.7 Å². The van der Waals surface area contributed by atoms with Crippen molar-refractivity contribution in [2.75, 3.05) is 34.4 Å². The van der Waals surface area contributed by atoms with Crippen LogP contribution in [0, 0.1) is 0 Å². The monoisotopic (exact) mass is 490 g/mol. The Morgan fingerprint density at radius 3 is 2.36 bits per heavy atom. The Kier molecular flexibility index (Phi) is 7.56. The van der Waals surface area contributed by atoms with Crippen LogP contribution in [0.25, 0.3) is 0 Å². The van der Waals surface area contributed by atoms with Crippen molar-refractivity contribution in [3.63, 3.8) is 0 Å². The first-order valence-corrected chi connectivity index (χ1v) is 12.5. The Morgan fingerprint density at radius 1 is 1.09 bits per heavy atom. The second kappa shape index (κ2) is 10.2. The molecule has 1 aromatic carbocycles. The maximum atomic E-state index is 13.8. The first kappa shape index (κ1) is 24.4. The van der Waals surface area contributed by atoms with Crippen molar-refractivity contribution in [3.8, 4) is 0 Å². The number of hydrogen-bond acceptors (Lipinski definition) is 6. The summed E-state index contributed by atoms with van der Waals surface area (Å²) in [7, 11) is 5.37. The highest BCUT2D eigenvalue weighted by Crippen LogP contribution is 2.36. The van der Waals surface area contributed by atoms with Gasteiger partial charge in [-0.3, -0.25) is 9.59 Å². The molecule has 0 bridgehead atoms. The minimum Gasteiger partial charge on any atom is -0.379 e. The standard InChI is InChI=1S/C25H31ClN2O4S/c1-28-10-8-17-5-4-16(12-18(17)9-11-28)13-22(29)25(14-19(31-2)20(15-25)32-3)27-24(30)21-6-7-23(26)33-21/h4-7,12,19-20H,8-11,13-15H2,1-3H3,(H,27,30). The number of likely N-dealkylation sites (N-methyl/N-ethyl adjacent to an activating group) is 1. The molecule has 1 saturated carbocycles. The molecule has 2 atom stereocenters. The molecule has 2 aliphatic rings. The summed E-state index contributed by atoms with van der Waals surface area (Å²) in [6.07, 6.45) is 2.47. The van der Waals surface area contributed by atoms with E-state index in [1.54, 1.807) is 26.4 Å². The largest absolute Gasteiger partial charge is 0.379 e. The summed E-state index contributed by atoms with van der Waals surface area (Å²) in [4.78, 5) is 29.6. The molecular formula is C25H31ClN2O4S. The Bertz CT molecular complexity index is 1010. The van der Waals surface area contributed by atoms with E-state index in [9.17, 15) is 9.59 Å². The van der Waals surface area contributed by atoms with Crippen LogP contribution in [0.15, 0.2) is 30.3 Å². The second-order valence-corrected chi connectivity index (χ2v) is 10.8. The number of hydrogen-bond donors (Lipinski definition) is 1. The van der Waals surface area contributed by atoms with E-state index < -0.39 is 5.54 Å². The number of thiophene rings is 1. The third-order valence-electron chi connectivity index (χ3n) is 6.96. The van der Waals surface area contributed by atoms with E-state index in [2.05, 4.69) is 29.4 Å². The minimum absolute atomic E-state index is 0.0224. The van der Waals surface area contributed by atoms with Crippen molar-refractivity contribution in [1.29, 1.82) is 0 Å². The molecule has 1 aliphatic carbocycles. The van der Waals surface area contributed by atoms with Gasteiger partial charge in [-0.1, -0.05) is 29.8 Å². The number of fused-ring (bicyclic) bond motifs is 1. The summed E-state index contributed by atoms with van der Waals surface area (Å²) >= 11 is 7.22. The van der Waals surface area contributed by atoms with Crippen molar-refractivity contribution in [3.05, 3.63) is 56.2 Å². The van der Waals surface area contributed by atoms with Gasteiger partial charge in [0.1, 0.15) is 5.54 Å². The number of halogens is 1. The highest BCUT2D eigenvalue weighted by molar-refractivity contribution is 7.18. The lowest BCUT2D eigenvalue weighted by atomic mass is 9.86. The summed E-state index contributed by atoms with van der Waals surface area (Å²) in [5.74, 6) is -0.317. The Hall–Kier alpha value is -1.77. The zero-order chi connectivity index (χ0) is 23.6. The van der Waals surface area contributed by atoms with Crippen molar-refractivity contribution < 1.29 is 19.1 Å². The number of benzene rings is 1. The van der Waals surface area contributed by atoms with E-state index in [4.69, 9.17) is 21.1 Å². The summed E-state index contributed by atoms with van der Waals surface area (Å²) in [6.45, 7) is 2.06. The number of methoxy groups -OCH3 is 2. The average Bonchev–Trinajstić information content (AvgIpc) is 3.35. The van der Waals surface area contributed by atoms with Crippen molar-refractivity contribution in [1.82, 2.24) is 10.2 Å². The molecule has 33 heavy (non-hydrogen) atoms. The SMILES string of the molecule is COC1CC(NC(=O)c2ccc(Cl)s2)(C(=O)Cc2ccc3c(c2)CCN(C)CC3)CC1OC. The quantitative estimate of drug-likeness (QED) is 0.643. The highest BCUT2D eigenvalue weighted by Gasteiger charge is 2.51. The first-order valence-electron chi connectivity index (χ1n) is 11.3. The average molecular weight is 491 g/mol. The van der Waals surface area contributed by atoms with Gasteiger partial charge in [0, 0.05) is 46.6 Å². The third kappa shape index (κ3) is 5.33. The number of nitrogens with one attached hydrogen (secondary N) is 1. The predicted octanol–water partition coefficient (Wildman–Crippen LogP) is 3.54. The molecule has 1 fully saturated rings. The molecule has 2 unspecified atom stereocenters. The van der Waals surface area contributed by atoms with E-state index in [1.807, 2.05) is 6.07 Å². The van der Waals surface area contributed by atoms with Crippen LogP contribution in [-0.2, 0) is 33.5 Å². The highest BCUT2D eigenvalue weighted by atomic mass is 35.5. The van der Waals surface area contributed by atoms with E-state index in [0.29, 0.717) is 22.1 Å². The maximum Gasteiger partial charge on any atom is 0.262 e. The molecule has 4 rings (SSSR count). The van der Waals surface area contributed by atoms with Gasteiger partial charge in [-0.05, 0) is 48.7 Å². The van der Waals surface area contributed by atoms with Gasteiger partial charge in [-0.25, -0.2) is 0 Å². The molecule has 1 amide bonds. The van der Waals surface area contributed by atoms with E-state index in [0.717, 1.165) is 31.5 Å². The smallest absolute Gasteiger partial charge is 0.262 e. The molecule has 2 heterocycles. The fraction of sp³-hybridized carbons (Fsp3) is 0.520. The van der Waals surface area contributed by atoms with Gasteiger partial charge < -0.3 is 19.7 Å². The number of rotatable bonds is 7. The minimum atomic E-state index is -1.05. The van der Waals surface area contributed by atoms with Crippen LogP contribution in [0.2, 0.25) is 4.34 Å². The van der Waals surface area contributed by atoms with E-state index in [1.165, 1.54) is 22.5 Å². The molecule has 0 spiro atoms. The fourth-order valence-corrected chi connectivity index (χ4v) is 5.91. The van der Waals surface area contributed by atoms with Crippen LogP contribution in [0.5, 0.6) is 0 Å². The van der Waals surface area contributed by atoms with Crippen molar-refractivity contribution in [2.45, 2.75) is 49.9 Å². The topological polar surface area (TPSA) is 67.9 Å². The second-order valence-electron chi connectivity index (χ2n) is 9.10. The zero-order valence-electron chi connectivity index (χ0n) is 19.4. The number of ketones is 1. The van der Waals surface area contributed by atoms with Crippen LogP contribution in [0.4, 0.5) is 0 Å². The molecule has 0 radical (unpaired) electrons. The van der Waals surface area contributed by atoms with Gasteiger partial charge >= 0.3 is 0 Å². The molecule has 1 aromatic heterocycles. The molecule has 1 aliphatic heterocycles. The van der Waals surface area contributed by atoms with Gasteiger partial charge in [-0.2, -0.15) is 0 Å².